The third-order valence-corrected chi connectivity index (χ3v) is 2.72. The van der Waals surface area contributed by atoms with E-state index < -0.39 is 0 Å². The van der Waals surface area contributed by atoms with Gasteiger partial charge in [0, 0.05) is 19.7 Å². The van der Waals surface area contributed by atoms with Crippen molar-refractivity contribution in [2.24, 2.45) is 0 Å². The van der Waals surface area contributed by atoms with Crippen molar-refractivity contribution in [1.82, 2.24) is 4.98 Å². The lowest BCUT2D eigenvalue weighted by Gasteiger charge is -2.30. The van der Waals surface area contributed by atoms with Crippen molar-refractivity contribution in [3.05, 3.63) is 12.0 Å². The van der Waals surface area contributed by atoms with Gasteiger partial charge in [-0.25, -0.2) is 0 Å². The standard InChI is InChI=1S/C11H18N2O2/c1-3-14-10-4-6-13(7-5-10)11-12-9(2)8-15-11/h8,10H,3-7H2,1-2H3. The third kappa shape index (κ3) is 2.50. The molecule has 0 radical (unpaired) electrons. The van der Waals surface area contributed by atoms with Crippen LogP contribution in [0.2, 0.25) is 0 Å². The molecule has 0 aliphatic carbocycles. The van der Waals surface area contributed by atoms with E-state index in [2.05, 4.69) is 9.88 Å². The summed E-state index contributed by atoms with van der Waals surface area (Å²) in [6.45, 7) is 6.75. The zero-order valence-corrected chi connectivity index (χ0v) is 9.40. The summed E-state index contributed by atoms with van der Waals surface area (Å²) in [5.41, 5.74) is 0.942. The maximum atomic E-state index is 5.59. The molecule has 1 aromatic heterocycles. The van der Waals surface area contributed by atoms with Crippen LogP contribution in [0.4, 0.5) is 6.01 Å². The van der Waals surface area contributed by atoms with E-state index in [0.29, 0.717) is 6.10 Å². The van der Waals surface area contributed by atoms with E-state index in [9.17, 15) is 0 Å². The fraction of sp³-hybridized carbons (Fsp3) is 0.727. The van der Waals surface area contributed by atoms with Gasteiger partial charge in [0.1, 0.15) is 6.26 Å². The van der Waals surface area contributed by atoms with Crippen LogP contribution in [-0.4, -0.2) is 30.8 Å². The average molecular weight is 210 g/mol. The van der Waals surface area contributed by atoms with Crippen LogP contribution in [0.3, 0.4) is 0 Å². The largest absolute Gasteiger partial charge is 0.432 e. The van der Waals surface area contributed by atoms with Crippen molar-refractivity contribution in [3.8, 4) is 0 Å². The first kappa shape index (κ1) is 10.5. The molecule has 0 atom stereocenters. The van der Waals surface area contributed by atoms with Crippen molar-refractivity contribution in [1.29, 1.82) is 0 Å². The maximum absolute atomic E-state index is 5.59. The van der Waals surface area contributed by atoms with E-state index in [1.54, 1.807) is 6.26 Å². The second-order valence-corrected chi connectivity index (χ2v) is 3.91. The highest BCUT2D eigenvalue weighted by Crippen LogP contribution is 2.20. The van der Waals surface area contributed by atoms with Gasteiger partial charge in [-0.2, -0.15) is 4.98 Å². The molecule has 1 aliphatic rings. The van der Waals surface area contributed by atoms with Crippen molar-refractivity contribution in [2.75, 3.05) is 24.6 Å². The summed E-state index contributed by atoms with van der Waals surface area (Å²) in [6.07, 6.45) is 4.25. The summed E-state index contributed by atoms with van der Waals surface area (Å²) in [7, 11) is 0. The Morgan fingerprint density at radius 1 is 1.53 bits per heavy atom. The van der Waals surface area contributed by atoms with Gasteiger partial charge in [0.15, 0.2) is 0 Å². The zero-order chi connectivity index (χ0) is 10.7. The summed E-state index contributed by atoms with van der Waals surface area (Å²) in [6, 6.07) is 0.752. The molecule has 2 heterocycles. The fourth-order valence-electron chi connectivity index (χ4n) is 1.94. The zero-order valence-electron chi connectivity index (χ0n) is 9.40. The lowest BCUT2D eigenvalue weighted by molar-refractivity contribution is 0.0453. The van der Waals surface area contributed by atoms with Gasteiger partial charge in [-0.15, -0.1) is 0 Å². The Labute approximate surface area is 90.2 Å². The molecule has 0 N–H and O–H groups in total. The van der Waals surface area contributed by atoms with E-state index in [1.165, 1.54) is 0 Å². The number of hydrogen-bond donors (Lipinski definition) is 0. The van der Waals surface area contributed by atoms with Crippen molar-refractivity contribution >= 4 is 6.01 Å². The van der Waals surface area contributed by atoms with Crippen molar-refractivity contribution < 1.29 is 9.15 Å². The minimum atomic E-state index is 0.419. The van der Waals surface area contributed by atoms with Crippen LogP contribution in [0.5, 0.6) is 0 Å². The van der Waals surface area contributed by atoms with Crippen LogP contribution in [0.25, 0.3) is 0 Å². The Bertz CT molecular complexity index is 303. The molecule has 1 aliphatic heterocycles. The molecular weight excluding hydrogens is 192 g/mol. The first-order valence-electron chi connectivity index (χ1n) is 5.58. The number of ether oxygens (including phenoxy) is 1. The van der Waals surface area contributed by atoms with E-state index in [1.807, 2.05) is 13.8 Å². The number of aryl methyl sites for hydroxylation is 1. The van der Waals surface area contributed by atoms with Gasteiger partial charge in [0.05, 0.1) is 11.8 Å². The molecule has 0 unspecified atom stereocenters. The summed E-state index contributed by atoms with van der Waals surface area (Å²) in [4.78, 5) is 6.51. The van der Waals surface area contributed by atoms with Gasteiger partial charge < -0.3 is 14.1 Å². The Hall–Kier alpha value is -1.03. The van der Waals surface area contributed by atoms with Gasteiger partial charge >= 0.3 is 0 Å². The Balaban J connectivity index is 1.88. The highest BCUT2D eigenvalue weighted by atomic mass is 16.5. The molecular formula is C11H18N2O2. The number of anilines is 1. The molecule has 15 heavy (non-hydrogen) atoms. The van der Waals surface area contributed by atoms with E-state index >= 15 is 0 Å². The second-order valence-electron chi connectivity index (χ2n) is 3.91. The van der Waals surface area contributed by atoms with Gasteiger partial charge in [0.25, 0.3) is 6.01 Å². The van der Waals surface area contributed by atoms with E-state index in [0.717, 1.165) is 44.2 Å². The molecule has 1 fully saturated rings. The monoisotopic (exact) mass is 210 g/mol. The molecule has 2 rings (SSSR count). The molecule has 0 amide bonds. The summed E-state index contributed by atoms with van der Waals surface area (Å²) < 4.78 is 11.0. The van der Waals surface area contributed by atoms with E-state index in [-0.39, 0.29) is 0 Å². The number of hydrogen-bond acceptors (Lipinski definition) is 4. The SMILES string of the molecule is CCOC1CCN(c2nc(C)co2)CC1. The van der Waals surface area contributed by atoms with Gasteiger partial charge in [-0.1, -0.05) is 0 Å². The van der Waals surface area contributed by atoms with Crippen molar-refractivity contribution in [3.63, 3.8) is 0 Å². The lowest BCUT2D eigenvalue weighted by Crippen LogP contribution is -2.37. The van der Waals surface area contributed by atoms with Crippen LogP contribution in [0.15, 0.2) is 10.7 Å². The Morgan fingerprint density at radius 3 is 2.80 bits per heavy atom. The minimum absolute atomic E-state index is 0.419. The number of rotatable bonds is 3. The van der Waals surface area contributed by atoms with Crippen LogP contribution in [-0.2, 0) is 4.74 Å². The lowest BCUT2D eigenvalue weighted by atomic mass is 10.1. The Morgan fingerprint density at radius 2 is 2.27 bits per heavy atom. The molecule has 0 aromatic carbocycles. The normalized spacial score (nSPS) is 18.4. The predicted octanol–water partition coefficient (Wildman–Crippen LogP) is 1.99. The molecule has 4 nitrogen and oxygen atoms in total. The summed E-state index contributed by atoms with van der Waals surface area (Å²) in [5.74, 6) is 0. The van der Waals surface area contributed by atoms with Crippen LogP contribution < -0.4 is 4.90 Å². The van der Waals surface area contributed by atoms with Crippen LogP contribution in [0, 0.1) is 6.92 Å². The van der Waals surface area contributed by atoms with Crippen LogP contribution in [0.1, 0.15) is 25.5 Å². The number of nitrogens with zero attached hydrogens (tertiary/aromatic N) is 2. The smallest absolute Gasteiger partial charge is 0.297 e. The highest BCUT2D eigenvalue weighted by molar-refractivity contribution is 5.27. The quantitative estimate of drug-likeness (QED) is 0.764. The molecule has 1 aromatic rings. The maximum Gasteiger partial charge on any atom is 0.297 e. The number of aromatic nitrogens is 1. The van der Waals surface area contributed by atoms with Crippen molar-refractivity contribution in [2.45, 2.75) is 32.8 Å². The molecule has 0 saturated carbocycles. The topological polar surface area (TPSA) is 38.5 Å². The predicted molar refractivity (Wildman–Crippen MR) is 58.1 cm³/mol. The molecule has 0 spiro atoms. The highest BCUT2D eigenvalue weighted by Gasteiger charge is 2.21. The fourth-order valence-corrected chi connectivity index (χ4v) is 1.94. The third-order valence-electron chi connectivity index (χ3n) is 2.72. The number of piperidine rings is 1. The minimum Gasteiger partial charge on any atom is -0.432 e. The van der Waals surface area contributed by atoms with Gasteiger partial charge in [0.2, 0.25) is 0 Å². The van der Waals surface area contributed by atoms with E-state index in [4.69, 9.17) is 9.15 Å². The molecule has 0 bridgehead atoms. The van der Waals surface area contributed by atoms with Gasteiger partial charge in [-0.3, -0.25) is 0 Å². The Kier molecular flexibility index (Phi) is 3.26. The molecule has 1 saturated heterocycles. The second kappa shape index (κ2) is 4.66. The average Bonchev–Trinajstić information content (AvgIpc) is 2.67. The summed E-state index contributed by atoms with van der Waals surface area (Å²) >= 11 is 0. The first-order chi connectivity index (χ1) is 7.29. The first-order valence-corrected chi connectivity index (χ1v) is 5.58. The molecule has 84 valence electrons. The van der Waals surface area contributed by atoms with Gasteiger partial charge in [-0.05, 0) is 26.7 Å². The van der Waals surface area contributed by atoms with Crippen LogP contribution >= 0.6 is 0 Å². The molecule has 4 heteroatoms. The summed E-state index contributed by atoms with van der Waals surface area (Å²) in [5, 5.41) is 0. The number of oxazole rings is 1.